The first-order valence-electron chi connectivity index (χ1n) is 7.87. The Bertz CT molecular complexity index is 879. The molecule has 0 saturated heterocycles. The molecule has 6 nitrogen and oxygen atoms in total. The van der Waals surface area contributed by atoms with Gasteiger partial charge in [0.1, 0.15) is 5.75 Å². The number of hydrogen-bond acceptors (Lipinski definition) is 5. The zero-order valence-corrected chi connectivity index (χ0v) is 13.8. The van der Waals surface area contributed by atoms with Gasteiger partial charge in [-0.15, -0.1) is 0 Å². The SMILES string of the molecule is COc1ccc2nc(CNCc3ccc(C(=O)NO)cc3)ccc2c1. The second-order valence-corrected chi connectivity index (χ2v) is 5.60. The summed E-state index contributed by atoms with van der Waals surface area (Å²) in [4.78, 5) is 15.9. The van der Waals surface area contributed by atoms with Crippen molar-refractivity contribution < 1.29 is 14.7 Å². The lowest BCUT2D eigenvalue weighted by Crippen LogP contribution is -2.18. The molecule has 0 radical (unpaired) electrons. The zero-order valence-electron chi connectivity index (χ0n) is 13.8. The van der Waals surface area contributed by atoms with Crippen LogP contribution < -0.4 is 15.5 Å². The summed E-state index contributed by atoms with van der Waals surface area (Å²) in [6.07, 6.45) is 0. The van der Waals surface area contributed by atoms with Crippen molar-refractivity contribution in [2.45, 2.75) is 13.1 Å². The minimum atomic E-state index is -0.517. The normalized spacial score (nSPS) is 10.6. The van der Waals surface area contributed by atoms with Crippen LogP contribution in [0.5, 0.6) is 5.75 Å². The Morgan fingerprint density at radius 3 is 2.60 bits per heavy atom. The molecule has 0 aliphatic heterocycles. The Hall–Kier alpha value is -2.96. The number of hydroxylamine groups is 1. The maximum atomic E-state index is 11.3. The van der Waals surface area contributed by atoms with E-state index in [1.165, 1.54) is 0 Å². The van der Waals surface area contributed by atoms with E-state index in [0.717, 1.165) is 27.9 Å². The maximum Gasteiger partial charge on any atom is 0.274 e. The number of hydrogen-bond donors (Lipinski definition) is 3. The first kappa shape index (κ1) is 16.9. The number of carbonyl (C=O) groups excluding carboxylic acids is 1. The van der Waals surface area contributed by atoms with Gasteiger partial charge in [0.05, 0.1) is 18.3 Å². The summed E-state index contributed by atoms with van der Waals surface area (Å²) in [6, 6.07) is 16.9. The second kappa shape index (κ2) is 7.74. The number of nitrogens with zero attached hydrogens (tertiary/aromatic N) is 1. The van der Waals surface area contributed by atoms with E-state index in [4.69, 9.17) is 9.94 Å². The molecule has 1 amide bonds. The number of ether oxygens (including phenoxy) is 1. The predicted octanol–water partition coefficient (Wildman–Crippen LogP) is 2.65. The van der Waals surface area contributed by atoms with Crippen LogP contribution in [0.1, 0.15) is 21.6 Å². The number of methoxy groups -OCH3 is 1. The van der Waals surface area contributed by atoms with Crippen molar-refractivity contribution in [1.29, 1.82) is 0 Å². The Balaban J connectivity index is 1.60. The van der Waals surface area contributed by atoms with Crippen molar-refractivity contribution >= 4 is 16.8 Å². The second-order valence-electron chi connectivity index (χ2n) is 5.60. The lowest BCUT2D eigenvalue weighted by Gasteiger charge is -2.07. The number of amides is 1. The van der Waals surface area contributed by atoms with Gasteiger partial charge in [-0.05, 0) is 42.0 Å². The molecule has 25 heavy (non-hydrogen) atoms. The van der Waals surface area contributed by atoms with Crippen LogP contribution in [-0.2, 0) is 13.1 Å². The predicted molar refractivity (Wildman–Crippen MR) is 94.5 cm³/mol. The average molecular weight is 337 g/mol. The van der Waals surface area contributed by atoms with Gasteiger partial charge in [0.2, 0.25) is 0 Å². The molecule has 128 valence electrons. The Labute approximate surface area is 145 Å². The van der Waals surface area contributed by atoms with E-state index in [1.807, 2.05) is 42.5 Å². The molecular formula is C19H19N3O3. The lowest BCUT2D eigenvalue weighted by molar-refractivity contribution is 0.0706. The van der Waals surface area contributed by atoms with Crippen molar-refractivity contribution in [1.82, 2.24) is 15.8 Å². The molecule has 0 unspecified atom stereocenters. The number of pyridine rings is 1. The maximum absolute atomic E-state index is 11.3. The smallest absolute Gasteiger partial charge is 0.274 e. The molecule has 3 N–H and O–H groups in total. The topological polar surface area (TPSA) is 83.5 Å². The van der Waals surface area contributed by atoms with Gasteiger partial charge in [-0.1, -0.05) is 18.2 Å². The fraction of sp³-hybridized carbons (Fsp3) is 0.158. The third-order valence-corrected chi connectivity index (χ3v) is 3.91. The van der Waals surface area contributed by atoms with Crippen LogP contribution >= 0.6 is 0 Å². The molecule has 1 aromatic heterocycles. The fourth-order valence-corrected chi connectivity index (χ4v) is 2.54. The molecule has 0 aliphatic rings. The third-order valence-electron chi connectivity index (χ3n) is 3.91. The molecule has 3 aromatic rings. The van der Waals surface area contributed by atoms with Crippen molar-refractivity contribution in [3.8, 4) is 5.75 Å². The minimum Gasteiger partial charge on any atom is -0.497 e. The van der Waals surface area contributed by atoms with Crippen molar-refractivity contribution in [2.24, 2.45) is 0 Å². The molecule has 0 saturated carbocycles. The van der Waals surface area contributed by atoms with Crippen LogP contribution in [0.4, 0.5) is 0 Å². The van der Waals surface area contributed by atoms with Gasteiger partial charge in [-0.3, -0.25) is 15.0 Å². The third kappa shape index (κ3) is 4.12. The van der Waals surface area contributed by atoms with Gasteiger partial charge in [-0.25, -0.2) is 5.48 Å². The van der Waals surface area contributed by atoms with E-state index < -0.39 is 5.91 Å². The largest absolute Gasteiger partial charge is 0.497 e. The highest BCUT2D eigenvalue weighted by molar-refractivity contribution is 5.93. The Morgan fingerprint density at radius 2 is 1.88 bits per heavy atom. The van der Waals surface area contributed by atoms with E-state index in [-0.39, 0.29) is 0 Å². The van der Waals surface area contributed by atoms with Crippen LogP contribution in [0.15, 0.2) is 54.6 Å². The molecule has 1 heterocycles. The molecule has 0 bridgehead atoms. The van der Waals surface area contributed by atoms with Gasteiger partial charge >= 0.3 is 0 Å². The van der Waals surface area contributed by atoms with E-state index >= 15 is 0 Å². The molecule has 0 fully saturated rings. The zero-order chi connectivity index (χ0) is 17.6. The number of rotatable bonds is 6. The van der Waals surface area contributed by atoms with Gasteiger partial charge in [-0.2, -0.15) is 0 Å². The fourth-order valence-electron chi connectivity index (χ4n) is 2.54. The van der Waals surface area contributed by atoms with Crippen molar-refractivity contribution in [3.63, 3.8) is 0 Å². The van der Waals surface area contributed by atoms with E-state index in [0.29, 0.717) is 18.7 Å². The van der Waals surface area contributed by atoms with Gasteiger partial charge < -0.3 is 10.1 Å². The number of nitrogens with one attached hydrogen (secondary N) is 2. The van der Waals surface area contributed by atoms with Crippen LogP contribution in [0.2, 0.25) is 0 Å². The summed E-state index contributed by atoms with van der Waals surface area (Å²) < 4.78 is 5.22. The summed E-state index contributed by atoms with van der Waals surface area (Å²) in [5.41, 5.74) is 4.96. The average Bonchev–Trinajstić information content (AvgIpc) is 2.67. The highest BCUT2D eigenvalue weighted by atomic mass is 16.5. The molecular weight excluding hydrogens is 318 g/mol. The van der Waals surface area contributed by atoms with E-state index in [2.05, 4.69) is 10.3 Å². The van der Waals surface area contributed by atoms with Crippen LogP contribution in [0.25, 0.3) is 10.9 Å². The summed E-state index contributed by atoms with van der Waals surface area (Å²) in [7, 11) is 1.65. The quantitative estimate of drug-likeness (QED) is 0.476. The van der Waals surface area contributed by atoms with Gasteiger partial charge in [0.15, 0.2) is 0 Å². The minimum absolute atomic E-state index is 0.415. The summed E-state index contributed by atoms with van der Waals surface area (Å²) in [6.45, 7) is 1.30. The first-order valence-corrected chi connectivity index (χ1v) is 7.87. The lowest BCUT2D eigenvalue weighted by atomic mass is 10.1. The van der Waals surface area contributed by atoms with Crippen molar-refractivity contribution in [2.75, 3.05) is 7.11 Å². The first-order chi connectivity index (χ1) is 12.2. The highest BCUT2D eigenvalue weighted by Crippen LogP contribution is 2.19. The molecule has 3 rings (SSSR count). The monoisotopic (exact) mass is 337 g/mol. The van der Waals surface area contributed by atoms with Crippen LogP contribution in [0.3, 0.4) is 0 Å². The number of fused-ring (bicyclic) bond motifs is 1. The van der Waals surface area contributed by atoms with Crippen molar-refractivity contribution in [3.05, 3.63) is 71.4 Å². The van der Waals surface area contributed by atoms with Gasteiger partial charge in [0, 0.05) is 24.0 Å². The summed E-state index contributed by atoms with van der Waals surface area (Å²) in [5.74, 6) is 0.301. The van der Waals surface area contributed by atoms with E-state index in [9.17, 15) is 4.79 Å². The molecule has 0 atom stereocenters. The number of carbonyl (C=O) groups is 1. The summed E-state index contributed by atoms with van der Waals surface area (Å²) in [5, 5.41) is 13.0. The summed E-state index contributed by atoms with van der Waals surface area (Å²) >= 11 is 0. The molecule has 0 aliphatic carbocycles. The van der Waals surface area contributed by atoms with Crippen LogP contribution in [-0.4, -0.2) is 23.2 Å². The molecule has 6 heteroatoms. The Morgan fingerprint density at radius 1 is 1.08 bits per heavy atom. The van der Waals surface area contributed by atoms with E-state index in [1.54, 1.807) is 24.7 Å². The highest BCUT2D eigenvalue weighted by Gasteiger charge is 2.04. The molecule has 2 aromatic carbocycles. The number of aromatic nitrogens is 1. The standard InChI is InChI=1S/C19H19N3O3/c1-25-17-8-9-18-15(10-17)6-7-16(21-18)12-20-11-13-2-4-14(5-3-13)19(23)22-24/h2-10,20,24H,11-12H2,1H3,(H,22,23). The van der Waals surface area contributed by atoms with Crippen LogP contribution in [0, 0.1) is 0 Å². The van der Waals surface area contributed by atoms with Gasteiger partial charge in [0.25, 0.3) is 5.91 Å². The number of benzene rings is 2. The Kier molecular flexibility index (Phi) is 5.23. The molecule has 0 spiro atoms.